The highest BCUT2D eigenvalue weighted by molar-refractivity contribution is 5.97. The number of ketones is 1. The number of rotatable bonds is 2. The molecule has 3 heteroatoms. The lowest BCUT2D eigenvalue weighted by Gasteiger charge is -1.94. The van der Waals surface area contributed by atoms with Gasteiger partial charge in [0.25, 0.3) is 0 Å². The number of halogens is 1. The summed E-state index contributed by atoms with van der Waals surface area (Å²) in [5.41, 5.74) is 0.247. The normalized spacial score (nSPS) is 9.00. The summed E-state index contributed by atoms with van der Waals surface area (Å²) in [7, 11) is 0. The molecule has 1 rings (SSSR count). The average molecular weight is 163 g/mol. The fourth-order valence-electron chi connectivity index (χ4n) is 0.836. The number of hydrogen-bond acceptors (Lipinski definition) is 2. The summed E-state index contributed by atoms with van der Waals surface area (Å²) in [6, 6.07) is 7.02. The standard InChI is InChI=1S/C9H6FNO/c10-8-3-1-2-7(6-8)9(12)4-5-11/h1-3,6H,4H2. The van der Waals surface area contributed by atoms with Gasteiger partial charge >= 0.3 is 0 Å². The van der Waals surface area contributed by atoms with Crippen LogP contribution in [0, 0.1) is 17.1 Å². The minimum absolute atomic E-state index is 0.205. The maximum absolute atomic E-state index is 12.5. The lowest BCUT2D eigenvalue weighted by Crippen LogP contribution is -1.97. The summed E-state index contributed by atoms with van der Waals surface area (Å²) < 4.78 is 12.5. The molecule has 0 saturated heterocycles. The van der Waals surface area contributed by atoms with Gasteiger partial charge in [0.2, 0.25) is 0 Å². The van der Waals surface area contributed by atoms with Crippen LogP contribution in [0.1, 0.15) is 16.8 Å². The van der Waals surface area contributed by atoms with E-state index in [0.717, 1.165) is 6.07 Å². The minimum atomic E-state index is -0.459. The van der Waals surface area contributed by atoms with Gasteiger partial charge in [0.1, 0.15) is 5.82 Å². The quantitative estimate of drug-likeness (QED) is 0.625. The van der Waals surface area contributed by atoms with Crippen molar-refractivity contribution in [1.82, 2.24) is 0 Å². The van der Waals surface area contributed by atoms with Crippen LogP contribution >= 0.6 is 0 Å². The third-order valence-electron chi connectivity index (χ3n) is 1.39. The largest absolute Gasteiger partial charge is 0.293 e. The summed E-state index contributed by atoms with van der Waals surface area (Å²) in [6.07, 6.45) is -0.205. The van der Waals surface area contributed by atoms with Crippen LogP contribution in [-0.2, 0) is 0 Å². The van der Waals surface area contributed by atoms with Crippen molar-refractivity contribution in [1.29, 1.82) is 5.26 Å². The molecule has 0 radical (unpaired) electrons. The Labute approximate surface area is 69.2 Å². The Morgan fingerprint density at radius 2 is 2.33 bits per heavy atom. The molecular formula is C9H6FNO. The number of nitriles is 1. The van der Waals surface area contributed by atoms with E-state index in [9.17, 15) is 9.18 Å². The Balaban J connectivity index is 2.90. The summed E-state index contributed by atoms with van der Waals surface area (Å²) in [5, 5.41) is 8.20. The van der Waals surface area contributed by atoms with Gasteiger partial charge in [-0.25, -0.2) is 4.39 Å². The summed E-state index contributed by atoms with van der Waals surface area (Å²) >= 11 is 0. The predicted molar refractivity (Wildman–Crippen MR) is 41.0 cm³/mol. The van der Waals surface area contributed by atoms with Gasteiger partial charge < -0.3 is 0 Å². The maximum Gasteiger partial charge on any atom is 0.176 e. The van der Waals surface area contributed by atoms with E-state index in [4.69, 9.17) is 5.26 Å². The van der Waals surface area contributed by atoms with E-state index in [1.54, 1.807) is 6.07 Å². The summed E-state index contributed by atoms with van der Waals surface area (Å²) in [5.74, 6) is -0.809. The van der Waals surface area contributed by atoms with Gasteiger partial charge in [-0.2, -0.15) is 5.26 Å². The Morgan fingerprint density at radius 1 is 1.58 bits per heavy atom. The number of hydrogen-bond donors (Lipinski definition) is 0. The van der Waals surface area contributed by atoms with Gasteiger partial charge in [0.15, 0.2) is 5.78 Å². The first-order valence-electron chi connectivity index (χ1n) is 3.40. The van der Waals surface area contributed by atoms with E-state index in [1.165, 1.54) is 18.2 Å². The zero-order valence-corrected chi connectivity index (χ0v) is 6.25. The molecule has 0 fully saturated rings. The third-order valence-corrected chi connectivity index (χ3v) is 1.39. The number of carbonyl (C=O) groups is 1. The monoisotopic (exact) mass is 163 g/mol. The van der Waals surface area contributed by atoms with Crippen LogP contribution in [0.15, 0.2) is 24.3 Å². The van der Waals surface area contributed by atoms with Crippen molar-refractivity contribution < 1.29 is 9.18 Å². The van der Waals surface area contributed by atoms with Gasteiger partial charge in [-0.15, -0.1) is 0 Å². The topological polar surface area (TPSA) is 40.9 Å². The second-order valence-electron chi connectivity index (χ2n) is 2.27. The molecule has 0 atom stereocenters. The van der Waals surface area contributed by atoms with Crippen molar-refractivity contribution in [3.05, 3.63) is 35.6 Å². The molecule has 0 aliphatic carbocycles. The van der Waals surface area contributed by atoms with Gasteiger partial charge in [-0.3, -0.25) is 4.79 Å². The Morgan fingerprint density at radius 3 is 2.92 bits per heavy atom. The molecule has 0 aliphatic rings. The molecule has 12 heavy (non-hydrogen) atoms. The van der Waals surface area contributed by atoms with E-state index in [2.05, 4.69) is 0 Å². The highest BCUT2D eigenvalue weighted by Gasteiger charge is 2.04. The first kappa shape index (κ1) is 8.41. The lowest BCUT2D eigenvalue weighted by atomic mass is 10.1. The number of carbonyl (C=O) groups excluding carboxylic acids is 1. The van der Waals surface area contributed by atoms with Crippen LogP contribution in [0.2, 0.25) is 0 Å². The van der Waals surface area contributed by atoms with E-state index >= 15 is 0 Å². The minimum Gasteiger partial charge on any atom is -0.293 e. The summed E-state index contributed by atoms with van der Waals surface area (Å²) in [6.45, 7) is 0. The van der Waals surface area contributed by atoms with Gasteiger partial charge in [0.05, 0.1) is 12.5 Å². The van der Waals surface area contributed by atoms with Crippen LogP contribution < -0.4 is 0 Å². The van der Waals surface area contributed by atoms with Crippen molar-refractivity contribution in [2.75, 3.05) is 0 Å². The van der Waals surface area contributed by atoms with E-state index in [1.807, 2.05) is 0 Å². The second-order valence-corrected chi connectivity index (χ2v) is 2.27. The molecule has 2 nitrogen and oxygen atoms in total. The van der Waals surface area contributed by atoms with Gasteiger partial charge in [0, 0.05) is 5.56 Å². The first-order chi connectivity index (χ1) is 5.74. The molecule has 0 heterocycles. The van der Waals surface area contributed by atoms with Crippen LogP contribution in [0.4, 0.5) is 4.39 Å². The molecule has 0 saturated carbocycles. The number of Topliss-reactive ketones (excluding diaryl/α,β-unsaturated/α-hetero) is 1. The highest BCUT2D eigenvalue weighted by Crippen LogP contribution is 2.05. The smallest absolute Gasteiger partial charge is 0.176 e. The average Bonchev–Trinajstić information content (AvgIpc) is 2.05. The van der Waals surface area contributed by atoms with E-state index in [-0.39, 0.29) is 17.8 Å². The molecule has 0 N–H and O–H groups in total. The lowest BCUT2D eigenvalue weighted by molar-refractivity contribution is 0.0997. The number of nitrogens with zero attached hydrogens (tertiary/aromatic N) is 1. The maximum atomic E-state index is 12.5. The van der Waals surface area contributed by atoms with Crippen LogP contribution in [-0.4, -0.2) is 5.78 Å². The molecule has 0 unspecified atom stereocenters. The molecular weight excluding hydrogens is 157 g/mol. The Bertz CT molecular complexity index is 341. The molecule has 0 aliphatic heterocycles. The van der Waals surface area contributed by atoms with Crippen molar-refractivity contribution in [3.8, 4) is 6.07 Å². The molecule has 1 aromatic rings. The molecule has 0 spiro atoms. The zero-order valence-electron chi connectivity index (χ0n) is 6.25. The van der Waals surface area contributed by atoms with Crippen LogP contribution in [0.5, 0.6) is 0 Å². The fourth-order valence-corrected chi connectivity index (χ4v) is 0.836. The third kappa shape index (κ3) is 1.89. The number of benzene rings is 1. The summed E-state index contributed by atoms with van der Waals surface area (Å²) in [4.78, 5) is 11.0. The first-order valence-corrected chi connectivity index (χ1v) is 3.40. The Hall–Kier alpha value is -1.69. The predicted octanol–water partition coefficient (Wildman–Crippen LogP) is 1.92. The van der Waals surface area contributed by atoms with Crippen LogP contribution in [0.3, 0.4) is 0 Å². The molecule has 0 bridgehead atoms. The molecule has 0 aromatic heterocycles. The molecule has 60 valence electrons. The van der Waals surface area contributed by atoms with Crippen molar-refractivity contribution in [3.63, 3.8) is 0 Å². The Kier molecular flexibility index (Phi) is 2.54. The van der Waals surface area contributed by atoms with Crippen molar-refractivity contribution >= 4 is 5.78 Å². The van der Waals surface area contributed by atoms with Gasteiger partial charge in [-0.1, -0.05) is 12.1 Å². The van der Waals surface area contributed by atoms with E-state index in [0.29, 0.717) is 0 Å². The fraction of sp³-hybridized carbons (Fsp3) is 0.111. The zero-order chi connectivity index (χ0) is 8.97. The highest BCUT2D eigenvalue weighted by atomic mass is 19.1. The SMILES string of the molecule is N#CCC(=O)c1cccc(F)c1. The molecule has 0 amide bonds. The van der Waals surface area contributed by atoms with Crippen molar-refractivity contribution in [2.45, 2.75) is 6.42 Å². The molecule has 1 aromatic carbocycles. The van der Waals surface area contributed by atoms with Crippen LogP contribution in [0.25, 0.3) is 0 Å². The van der Waals surface area contributed by atoms with E-state index < -0.39 is 5.82 Å². The van der Waals surface area contributed by atoms with Gasteiger partial charge in [-0.05, 0) is 12.1 Å². The van der Waals surface area contributed by atoms with Crippen molar-refractivity contribution in [2.24, 2.45) is 0 Å². The second kappa shape index (κ2) is 3.63.